The number of amides is 1. The Hall–Kier alpha value is -1.81. The largest absolute Gasteiger partial charge is 0.352 e. The van der Waals surface area contributed by atoms with E-state index in [0.29, 0.717) is 17.2 Å². The van der Waals surface area contributed by atoms with Gasteiger partial charge in [0.2, 0.25) is 11.1 Å². The van der Waals surface area contributed by atoms with Gasteiger partial charge in [-0.1, -0.05) is 35.5 Å². The van der Waals surface area contributed by atoms with E-state index in [4.69, 9.17) is 16.1 Å². The van der Waals surface area contributed by atoms with Crippen molar-refractivity contribution in [1.82, 2.24) is 10.5 Å². The van der Waals surface area contributed by atoms with E-state index in [0.717, 1.165) is 6.42 Å². The third-order valence-electron chi connectivity index (χ3n) is 4.11. The first-order valence-electron chi connectivity index (χ1n) is 7.57. The number of rotatable bonds is 6. The zero-order chi connectivity index (χ0) is 15.5. The van der Waals surface area contributed by atoms with Gasteiger partial charge in [0.1, 0.15) is 0 Å². The Bertz CT molecular complexity index is 630. The molecule has 22 heavy (non-hydrogen) atoms. The molecule has 4 nitrogen and oxygen atoms in total. The highest BCUT2D eigenvalue weighted by atomic mass is 35.5. The fourth-order valence-electron chi connectivity index (χ4n) is 2.68. The summed E-state index contributed by atoms with van der Waals surface area (Å²) >= 11 is 5.92. The van der Waals surface area contributed by atoms with Gasteiger partial charge in [-0.05, 0) is 49.3 Å². The van der Waals surface area contributed by atoms with Crippen molar-refractivity contribution in [1.29, 1.82) is 0 Å². The molecule has 3 rings (SSSR count). The van der Waals surface area contributed by atoms with Crippen LogP contribution in [0, 0.1) is 12.8 Å². The smallest absolute Gasteiger partial charge is 0.229 e. The van der Waals surface area contributed by atoms with E-state index in [1.807, 2.05) is 18.2 Å². The highest BCUT2D eigenvalue weighted by molar-refractivity contribution is 6.29. The normalized spacial score (nSPS) is 15.5. The molecule has 0 aliphatic heterocycles. The molecule has 5 heteroatoms. The highest BCUT2D eigenvalue weighted by Gasteiger charge is 2.32. The van der Waals surface area contributed by atoms with Gasteiger partial charge >= 0.3 is 0 Å². The Morgan fingerprint density at radius 3 is 2.73 bits per heavy atom. The molecule has 1 amide bonds. The first kappa shape index (κ1) is 15.1. The quantitative estimate of drug-likeness (QED) is 0.889. The molecular weight excluding hydrogens is 300 g/mol. The lowest BCUT2D eigenvalue weighted by atomic mass is 10.0. The second-order valence-electron chi connectivity index (χ2n) is 5.90. The van der Waals surface area contributed by atoms with E-state index in [-0.39, 0.29) is 23.6 Å². The van der Waals surface area contributed by atoms with Crippen molar-refractivity contribution in [2.24, 2.45) is 5.92 Å². The number of carbonyl (C=O) groups is 1. The van der Waals surface area contributed by atoms with Gasteiger partial charge in [0.05, 0.1) is 12.1 Å². The maximum absolute atomic E-state index is 12.3. The van der Waals surface area contributed by atoms with Crippen molar-refractivity contribution in [3.63, 3.8) is 0 Å². The molecule has 116 valence electrons. The molecule has 0 spiro atoms. The predicted molar refractivity (Wildman–Crippen MR) is 84.8 cm³/mol. The van der Waals surface area contributed by atoms with Crippen LogP contribution in [-0.2, 0) is 17.6 Å². The van der Waals surface area contributed by atoms with Crippen LogP contribution in [0.4, 0.5) is 0 Å². The van der Waals surface area contributed by atoms with Crippen molar-refractivity contribution in [2.45, 2.75) is 38.6 Å². The lowest BCUT2D eigenvalue weighted by Gasteiger charge is -2.18. The molecule has 0 bridgehead atoms. The maximum Gasteiger partial charge on any atom is 0.229 e. The summed E-state index contributed by atoms with van der Waals surface area (Å²) in [6.45, 7) is 1.79. The number of carbonyl (C=O) groups excluding carboxylic acids is 1. The van der Waals surface area contributed by atoms with Gasteiger partial charge in [0.25, 0.3) is 0 Å². The van der Waals surface area contributed by atoms with Crippen molar-refractivity contribution in [3.8, 4) is 0 Å². The van der Waals surface area contributed by atoms with Crippen LogP contribution in [0.5, 0.6) is 0 Å². The van der Waals surface area contributed by atoms with Crippen molar-refractivity contribution in [3.05, 3.63) is 52.4 Å². The summed E-state index contributed by atoms with van der Waals surface area (Å²) in [5, 5.41) is 7.14. The molecule has 1 N–H and O–H groups in total. The average Bonchev–Trinajstić information content (AvgIpc) is 3.31. The Morgan fingerprint density at radius 1 is 1.41 bits per heavy atom. The van der Waals surface area contributed by atoms with E-state index in [1.54, 1.807) is 6.92 Å². The first-order chi connectivity index (χ1) is 10.6. The van der Waals surface area contributed by atoms with Gasteiger partial charge < -0.3 is 9.84 Å². The fraction of sp³-hybridized carbons (Fsp3) is 0.412. The van der Waals surface area contributed by atoms with Gasteiger partial charge in [0, 0.05) is 11.6 Å². The van der Waals surface area contributed by atoms with Gasteiger partial charge in [-0.2, -0.15) is 0 Å². The zero-order valence-electron chi connectivity index (χ0n) is 12.5. The number of halogens is 1. The second-order valence-corrected chi connectivity index (χ2v) is 6.24. The lowest BCUT2D eigenvalue weighted by molar-refractivity contribution is -0.121. The van der Waals surface area contributed by atoms with E-state index < -0.39 is 0 Å². The van der Waals surface area contributed by atoms with Gasteiger partial charge in [-0.15, -0.1) is 0 Å². The summed E-state index contributed by atoms with van der Waals surface area (Å²) in [5.74, 6) is 0.559. The number of aromatic nitrogens is 1. The average molecular weight is 319 g/mol. The van der Waals surface area contributed by atoms with E-state index in [1.165, 1.54) is 18.4 Å². The molecule has 1 fully saturated rings. The number of hydrogen-bond donors (Lipinski definition) is 1. The van der Waals surface area contributed by atoms with E-state index in [9.17, 15) is 4.79 Å². The number of hydrogen-bond acceptors (Lipinski definition) is 3. The molecule has 0 saturated heterocycles. The molecular formula is C17H19ClN2O2. The molecule has 0 radical (unpaired) electrons. The van der Waals surface area contributed by atoms with Crippen LogP contribution in [0.2, 0.25) is 5.22 Å². The topological polar surface area (TPSA) is 55.1 Å². The molecule has 1 atom stereocenters. The van der Waals surface area contributed by atoms with Gasteiger partial charge in [-0.3, -0.25) is 4.79 Å². The Labute approximate surface area is 134 Å². The number of benzene rings is 1. The summed E-state index contributed by atoms with van der Waals surface area (Å²) in [6, 6.07) is 10.5. The van der Waals surface area contributed by atoms with Crippen molar-refractivity contribution in [2.75, 3.05) is 0 Å². The molecule has 1 aromatic heterocycles. The minimum absolute atomic E-state index is 0.0268. The van der Waals surface area contributed by atoms with E-state index >= 15 is 0 Å². The van der Waals surface area contributed by atoms with Crippen LogP contribution >= 0.6 is 11.6 Å². The molecule has 1 unspecified atom stereocenters. The number of nitrogens with zero attached hydrogens (tertiary/aromatic N) is 1. The highest BCUT2D eigenvalue weighted by Crippen LogP contribution is 2.34. The number of nitrogens with one attached hydrogen (secondary N) is 1. The van der Waals surface area contributed by atoms with Crippen molar-refractivity contribution < 1.29 is 9.32 Å². The predicted octanol–water partition coefficient (Wildman–Crippen LogP) is 3.32. The molecule has 1 heterocycles. The molecule has 1 aromatic carbocycles. The Balaban J connectivity index is 1.63. The van der Waals surface area contributed by atoms with Crippen LogP contribution < -0.4 is 5.32 Å². The first-order valence-corrected chi connectivity index (χ1v) is 7.95. The zero-order valence-corrected chi connectivity index (χ0v) is 13.3. The van der Waals surface area contributed by atoms with E-state index in [2.05, 4.69) is 22.6 Å². The fourth-order valence-corrected chi connectivity index (χ4v) is 2.92. The standard InChI is InChI=1S/C17H19ClN2O2/c1-11-14(17(18)22-20-11)10-16(21)19-15(13-7-8-13)9-12-5-3-2-4-6-12/h2-6,13,15H,7-10H2,1H3,(H,19,21). The second kappa shape index (κ2) is 6.53. The summed E-state index contributed by atoms with van der Waals surface area (Å²) in [4.78, 5) is 12.3. The van der Waals surface area contributed by atoms with Crippen LogP contribution in [0.25, 0.3) is 0 Å². The van der Waals surface area contributed by atoms with Crippen LogP contribution in [0.15, 0.2) is 34.9 Å². The van der Waals surface area contributed by atoms with Crippen molar-refractivity contribution >= 4 is 17.5 Å². The third kappa shape index (κ3) is 3.69. The summed E-state index contributed by atoms with van der Waals surface area (Å²) < 4.78 is 4.89. The third-order valence-corrected chi connectivity index (χ3v) is 4.41. The lowest BCUT2D eigenvalue weighted by Crippen LogP contribution is -2.39. The maximum atomic E-state index is 12.3. The SMILES string of the molecule is Cc1noc(Cl)c1CC(=O)NC(Cc1ccccc1)C1CC1. The Kier molecular flexibility index (Phi) is 4.48. The summed E-state index contributed by atoms with van der Waals surface area (Å²) in [7, 11) is 0. The summed E-state index contributed by atoms with van der Waals surface area (Å²) in [6.07, 6.45) is 3.45. The van der Waals surface area contributed by atoms with Gasteiger partial charge in [-0.25, -0.2) is 0 Å². The molecule has 1 saturated carbocycles. The van der Waals surface area contributed by atoms with Crippen LogP contribution in [0.1, 0.15) is 29.7 Å². The molecule has 1 aliphatic carbocycles. The number of aryl methyl sites for hydroxylation is 1. The van der Waals surface area contributed by atoms with Crippen LogP contribution in [0.3, 0.4) is 0 Å². The molecule has 2 aromatic rings. The minimum atomic E-state index is -0.0268. The Morgan fingerprint density at radius 2 is 2.14 bits per heavy atom. The monoisotopic (exact) mass is 318 g/mol. The van der Waals surface area contributed by atoms with Crippen LogP contribution in [-0.4, -0.2) is 17.1 Å². The van der Waals surface area contributed by atoms with Gasteiger partial charge in [0.15, 0.2) is 0 Å². The minimum Gasteiger partial charge on any atom is -0.352 e. The summed E-state index contributed by atoms with van der Waals surface area (Å²) in [5.41, 5.74) is 2.60. The molecule has 1 aliphatic rings.